The van der Waals surface area contributed by atoms with Crippen molar-refractivity contribution in [1.29, 1.82) is 0 Å². The number of amides is 1. The zero-order valence-corrected chi connectivity index (χ0v) is 14.5. The van der Waals surface area contributed by atoms with Gasteiger partial charge in [-0.25, -0.2) is 0 Å². The number of ether oxygens (including phenoxy) is 1. The van der Waals surface area contributed by atoms with E-state index in [4.69, 9.17) is 32.5 Å². The maximum Gasteiger partial charge on any atom is 0.257 e. The monoisotopic (exact) mass is 356 g/mol. The number of aryl methyl sites for hydroxylation is 1. The molecule has 0 radical (unpaired) electrons. The van der Waals surface area contributed by atoms with Crippen molar-refractivity contribution in [1.82, 2.24) is 10.5 Å². The van der Waals surface area contributed by atoms with Gasteiger partial charge in [0.25, 0.3) is 5.91 Å². The first kappa shape index (κ1) is 17.8. The lowest BCUT2D eigenvalue weighted by molar-refractivity contribution is 0.0943. The molecule has 0 spiro atoms. The molecule has 2 aromatic rings. The van der Waals surface area contributed by atoms with Crippen LogP contribution in [0.2, 0.25) is 10.0 Å². The number of carbonyl (C=O) groups is 1. The molecular formula is C16H18Cl2N2O3. The standard InChI is InChI=1S/C16H18Cl2N2O3/c1-3-22-9-5-8-19-16(21)13-10(2)23-20-15(13)14-11(17)6-4-7-12(14)18/h4,6-7H,3,5,8-9H2,1-2H3,(H,19,21). The van der Waals surface area contributed by atoms with E-state index in [1.54, 1.807) is 25.1 Å². The van der Waals surface area contributed by atoms with Crippen LogP contribution in [0.1, 0.15) is 29.5 Å². The van der Waals surface area contributed by atoms with Crippen LogP contribution in [-0.4, -0.2) is 30.8 Å². The second-order valence-electron chi connectivity index (χ2n) is 4.87. The van der Waals surface area contributed by atoms with Crippen LogP contribution in [0.15, 0.2) is 22.7 Å². The van der Waals surface area contributed by atoms with Crippen molar-refractivity contribution in [3.05, 3.63) is 39.6 Å². The maximum absolute atomic E-state index is 12.4. The molecule has 1 amide bonds. The van der Waals surface area contributed by atoms with Gasteiger partial charge in [0.05, 0.1) is 10.0 Å². The Morgan fingerprint density at radius 1 is 1.35 bits per heavy atom. The Morgan fingerprint density at radius 2 is 2.04 bits per heavy atom. The normalized spacial score (nSPS) is 10.8. The highest BCUT2D eigenvalue weighted by Crippen LogP contribution is 2.36. The van der Waals surface area contributed by atoms with Crippen molar-refractivity contribution in [2.45, 2.75) is 20.3 Å². The van der Waals surface area contributed by atoms with Crippen LogP contribution in [0.5, 0.6) is 0 Å². The van der Waals surface area contributed by atoms with Gasteiger partial charge in [-0.2, -0.15) is 0 Å². The molecule has 124 valence electrons. The molecule has 0 fully saturated rings. The maximum atomic E-state index is 12.4. The van der Waals surface area contributed by atoms with Gasteiger partial charge in [-0.3, -0.25) is 4.79 Å². The first-order valence-electron chi connectivity index (χ1n) is 7.32. The largest absolute Gasteiger partial charge is 0.382 e. The Hall–Kier alpha value is -1.56. The molecule has 1 N–H and O–H groups in total. The molecule has 0 saturated carbocycles. The summed E-state index contributed by atoms with van der Waals surface area (Å²) in [5.41, 5.74) is 1.18. The summed E-state index contributed by atoms with van der Waals surface area (Å²) in [7, 11) is 0. The molecule has 0 aliphatic carbocycles. The highest BCUT2D eigenvalue weighted by atomic mass is 35.5. The molecule has 1 aromatic carbocycles. The number of carbonyl (C=O) groups excluding carboxylic acids is 1. The predicted octanol–water partition coefficient (Wildman–Crippen LogP) is 4.11. The number of halogens is 2. The van der Waals surface area contributed by atoms with Crippen LogP contribution >= 0.6 is 23.2 Å². The fourth-order valence-corrected chi connectivity index (χ4v) is 2.72. The minimum Gasteiger partial charge on any atom is -0.382 e. The summed E-state index contributed by atoms with van der Waals surface area (Å²) in [6.45, 7) is 5.37. The number of aromatic nitrogens is 1. The van der Waals surface area contributed by atoms with E-state index in [0.717, 1.165) is 6.42 Å². The van der Waals surface area contributed by atoms with Gasteiger partial charge in [0.15, 0.2) is 0 Å². The van der Waals surface area contributed by atoms with E-state index < -0.39 is 0 Å². The van der Waals surface area contributed by atoms with E-state index in [1.807, 2.05) is 6.92 Å². The second kappa shape index (κ2) is 8.34. The Bertz CT molecular complexity index is 666. The highest BCUT2D eigenvalue weighted by molar-refractivity contribution is 6.39. The highest BCUT2D eigenvalue weighted by Gasteiger charge is 2.24. The number of hydrogen-bond donors (Lipinski definition) is 1. The van der Waals surface area contributed by atoms with E-state index in [-0.39, 0.29) is 5.91 Å². The van der Waals surface area contributed by atoms with E-state index in [9.17, 15) is 4.79 Å². The summed E-state index contributed by atoms with van der Waals surface area (Å²) in [4.78, 5) is 12.4. The van der Waals surface area contributed by atoms with Crippen LogP contribution in [0.3, 0.4) is 0 Å². The van der Waals surface area contributed by atoms with Gasteiger partial charge in [0.1, 0.15) is 17.0 Å². The van der Waals surface area contributed by atoms with Gasteiger partial charge in [-0.05, 0) is 32.4 Å². The quantitative estimate of drug-likeness (QED) is 0.758. The minimum absolute atomic E-state index is 0.272. The lowest BCUT2D eigenvalue weighted by atomic mass is 10.1. The third-order valence-electron chi connectivity index (χ3n) is 3.24. The Labute approximate surface area is 144 Å². The van der Waals surface area contributed by atoms with Gasteiger partial charge in [-0.1, -0.05) is 34.4 Å². The zero-order chi connectivity index (χ0) is 16.8. The van der Waals surface area contributed by atoms with Crippen molar-refractivity contribution in [3.63, 3.8) is 0 Å². The van der Waals surface area contributed by atoms with Crippen LogP contribution in [-0.2, 0) is 4.74 Å². The molecule has 0 unspecified atom stereocenters. The molecule has 7 heteroatoms. The molecule has 23 heavy (non-hydrogen) atoms. The molecule has 1 heterocycles. The molecule has 0 bridgehead atoms. The van der Waals surface area contributed by atoms with Crippen molar-refractivity contribution < 1.29 is 14.1 Å². The van der Waals surface area contributed by atoms with Crippen molar-refractivity contribution >= 4 is 29.1 Å². The number of nitrogens with one attached hydrogen (secondary N) is 1. The molecular weight excluding hydrogens is 339 g/mol. The van der Waals surface area contributed by atoms with Crippen LogP contribution in [0.4, 0.5) is 0 Å². The Kier molecular flexibility index (Phi) is 6.45. The lowest BCUT2D eigenvalue weighted by Crippen LogP contribution is -2.26. The number of benzene rings is 1. The fourth-order valence-electron chi connectivity index (χ4n) is 2.14. The topological polar surface area (TPSA) is 64.4 Å². The smallest absolute Gasteiger partial charge is 0.257 e. The SMILES string of the molecule is CCOCCCNC(=O)c1c(-c2c(Cl)cccc2Cl)noc1C. The van der Waals surface area contributed by atoms with Crippen LogP contribution < -0.4 is 5.32 Å². The molecule has 0 saturated heterocycles. The van der Waals surface area contributed by atoms with E-state index in [2.05, 4.69) is 10.5 Å². The molecule has 2 rings (SSSR count). The van der Waals surface area contributed by atoms with Gasteiger partial charge in [-0.15, -0.1) is 0 Å². The first-order valence-corrected chi connectivity index (χ1v) is 8.08. The summed E-state index contributed by atoms with van der Waals surface area (Å²) in [6, 6.07) is 5.11. The summed E-state index contributed by atoms with van der Waals surface area (Å²) >= 11 is 12.4. The van der Waals surface area contributed by atoms with Crippen LogP contribution in [0, 0.1) is 6.92 Å². The first-order chi connectivity index (χ1) is 11.1. The molecule has 5 nitrogen and oxygen atoms in total. The third-order valence-corrected chi connectivity index (χ3v) is 3.87. The summed E-state index contributed by atoms with van der Waals surface area (Å²) in [5.74, 6) is 0.143. The van der Waals surface area contributed by atoms with Gasteiger partial charge in [0.2, 0.25) is 0 Å². The van der Waals surface area contributed by atoms with E-state index in [0.29, 0.717) is 52.4 Å². The lowest BCUT2D eigenvalue weighted by Gasteiger charge is -2.08. The molecule has 0 atom stereocenters. The van der Waals surface area contributed by atoms with E-state index in [1.165, 1.54) is 0 Å². The zero-order valence-electron chi connectivity index (χ0n) is 13.0. The molecule has 1 aromatic heterocycles. The Morgan fingerprint density at radius 3 is 2.70 bits per heavy atom. The summed E-state index contributed by atoms with van der Waals surface area (Å²) in [6.07, 6.45) is 0.728. The average Bonchev–Trinajstić information content (AvgIpc) is 2.88. The van der Waals surface area contributed by atoms with E-state index >= 15 is 0 Å². The number of hydrogen-bond acceptors (Lipinski definition) is 4. The van der Waals surface area contributed by atoms with Crippen molar-refractivity contribution in [2.24, 2.45) is 0 Å². The summed E-state index contributed by atoms with van der Waals surface area (Å²) in [5, 5.41) is 7.61. The van der Waals surface area contributed by atoms with Gasteiger partial charge < -0.3 is 14.6 Å². The third kappa shape index (κ3) is 4.25. The average molecular weight is 357 g/mol. The Balaban J connectivity index is 2.20. The predicted molar refractivity (Wildman–Crippen MR) is 90.1 cm³/mol. The second-order valence-corrected chi connectivity index (χ2v) is 5.68. The number of rotatable bonds is 7. The number of nitrogens with zero attached hydrogens (tertiary/aromatic N) is 1. The van der Waals surface area contributed by atoms with Crippen LogP contribution in [0.25, 0.3) is 11.3 Å². The van der Waals surface area contributed by atoms with Crippen molar-refractivity contribution in [2.75, 3.05) is 19.8 Å². The molecule has 0 aliphatic rings. The fraction of sp³-hybridized carbons (Fsp3) is 0.375. The van der Waals surface area contributed by atoms with Crippen molar-refractivity contribution in [3.8, 4) is 11.3 Å². The van der Waals surface area contributed by atoms with Gasteiger partial charge >= 0.3 is 0 Å². The molecule has 0 aliphatic heterocycles. The van der Waals surface area contributed by atoms with Gasteiger partial charge in [0, 0.05) is 25.3 Å². The minimum atomic E-state index is -0.272. The summed E-state index contributed by atoms with van der Waals surface area (Å²) < 4.78 is 10.4.